The molecule has 4 heteroatoms. The molecule has 1 saturated carbocycles. The lowest BCUT2D eigenvalue weighted by molar-refractivity contribution is 0.0937. The topological polar surface area (TPSA) is 57.8 Å². The summed E-state index contributed by atoms with van der Waals surface area (Å²) < 4.78 is 0. The predicted molar refractivity (Wildman–Crippen MR) is 57.6 cm³/mol. The van der Waals surface area contributed by atoms with Gasteiger partial charge in [0.15, 0.2) is 0 Å². The van der Waals surface area contributed by atoms with Crippen LogP contribution in [0.4, 0.5) is 0 Å². The van der Waals surface area contributed by atoms with E-state index >= 15 is 0 Å². The molecule has 1 aliphatic rings. The number of aromatic nitrogens is 2. The fourth-order valence-corrected chi connectivity index (χ4v) is 1.79. The number of aromatic amines is 1. The summed E-state index contributed by atoms with van der Waals surface area (Å²) in [4.78, 5) is 11.8. The van der Waals surface area contributed by atoms with Crippen molar-refractivity contribution < 1.29 is 4.79 Å². The van der Waals surface area contributed by atoms with Crippen molar-refractivity contribution in [3.05, 3.63) is 17.5 Å². The van der Waals surface area contributed by atoms with Crippen LogP contribution in [0.1, 0.15) is 42.2 Å². The lowest BCUT2D eigenvalue weighted by atomic mass is 10.1. The fourth-order valence-electron chi connectivity index (χ4n) is 1.79. The molecule has 1 aliphatic carbocycles. The second kappa shape index (κ2) is 4.04. The summed E-state index contributed by atoms with van der Waals surface area (Å²) in [7, 11) is 0. The van der Waals surface area contributed by atoms with Crippen molar-refractivity contribution in [2.24, 2.45) is 5.92 Å². The number of hydrogen-bond acceptors (Lipinski definition) is 2. The van der Waals surface area contributed by atoms with Gasteiger partial charge in [-0.15, -0.1) is 0 Å². The zero-order valence-corrected chi connectivity index (χ0v) is 9.21. The van der Waals surface area contributed by atoms with Gasteiger partial charge in [-0.1, -0.05) is 12.8 Å². The average molecular weight is 207 g/mol. The van der Waals surface area contributed by atoms with Crippen molar-refractivity contribution in [3.63, 3.8) is 0 Å². The zero-order chi connectivity index (χ0) is 10.8. The SMILES string of the molecule is Cc1[nH]ncc1C(=O)NC(C)CC1CC1. The normalized spacial score (nSPS) is 17.5. The van der Waals surface area contributed by atoms with Gasteiger partial charge < -0.3 is 5.32 Å². The molecule has 0 bridgehead atoms. The van der Waals surface area contributed by atoms with Crippen LogP contribution in [0.3, 0.4) is 0 Å². The molecular formula is C11H17N3O. The van der Waals surface area contributed by atoms with E-state index in [1.807, 2.05) is 6.92 Å². The minimum absolute atomic E-state index is 0.0191. The van der Waals surface area contributed by atoms with Crippen LogP contribution < -0.4 is 5.32 Å². The Bertz CT molecular complexity index is 354. The standard InChI is InChI=1S/C11H17N3O/c1-7(5-9-3-4-9)13-11(15)10-6-12-14-8(10)2/h6-7,9H,3-5H2,1-2H3,(H,12,14)(H,13,15). The molecule has 4 nitrogen and oxygen atoms in total. The number of nitrogens with one attached hydrogen (secondary N) is 2. The highest BCUT2D eigenvalue weighted by atomic mass is 16.1. The molecule has 1 aromatic heterocycles. The molecule has 0 aromatic carbocycles. The number of nitrogens with zero attached hydrogens (tertiary/aromatic N) is 1. The number of aryl methyl sites for hydroxylation is 1. The Kier molecular flexibility index (Phi) is 2.75. The first-order valence-electron chi connectivity index (χ1n) is 5.47. The summed E-state index contributed by atoms with van der Waals surface area (Å²) in [5.41, 5.74) is 1.48. The van der Waals surface area contributed by atoms with Crippen LogP contribution in [-0.4, -0.2) is 22.1 Å². The van der Waals surface area contributed by atoms with Gasteiger partial charge in [-0.2, -0.15) is 5.10 Å². The smallest absolute Gasteiger partial charge is 0.254 e. The van der Waals surface area contributed by atoms with E-state index in [1.165, 1.54) is 12.8 Å². The Hall–Kier alpha value is -1.32. The number of hydrogen-bond donors (Lipinski definition) is 2. The first-order valence-corrected chi connectivity index (χ1v) is 5.47. The quantitative estimate of drug-likeness (QED) is 0.788. The van der Waals surface area contributed by atoms with Crippen molar-refractivity contribution in [3.8, 4) is 0 Å². The second-order valence-electron chi connectivity index (χ2n) is 4.46. The van der Waals surface area contributed by atoms with E-state index in [0.29, 0.717) is 5.56 Å². The van der Waals surface area contributed by atoms with Crippen LogP contribution in [0.5, 0.6) is 0 Å². The molecule has 0 spiro atoms. The minimum atomic E-state index is -0.0191. The predicted octanol–water partition coefficient (Wildman–Crippen LogP) is 1.64. The lowest BCUT2D eigenvalue weighted by Gasteiger charge is -2.12. The molecule has 1 amide bonds. The minimum Gasteiger partial charge on any atom is -0.349 e. The maximum absolute atomic E-state index is 11.8. The largest absolute Gasteiger partial charge is 0.349 e. The van der Waals surface area contributed by atoms with Crippen molar-refractivity contribution >= 4 is 5.91 Å². The van der Waals surface area contributed by atoms with E-state index in [9.17, 15) is 4.79 Å². The second-order valence-corrected chi connectivity index (χ2v) is 4.46. The Labute approximate surface area is 89.5 Å². The molecule has 0 aliphatic heterocycles. The van der Waals surface area contributed by atoms with Crippen LogP contribution in [0.2, 0.25) is 0 Å². The van der Waals surface area contributed by atoms with Crippen LogP contribution >= 0.6 is 0 Å². The number of amides is 1. The summed E-state index contributed by atoms with van der Waals surface area (Å²) in [5, 5.41) is 9.60. The van der Waals surface area contributed by atoms with Crippen molar-refractivity contribution in [2.75, 3.05) is 0 Å². The summed E-state index contributed by atoms with van der Waals surface area (Å²) in [6.07, 6.45) is 5.33. The Morgan fingerprint density at radius 1 is 1.73 bits per heavy atom. The highest BCUT2D eigenvalue weighted by Crippen LogP contribution is 2.33. The number of rotatable bonds is 4. The maximum atomic E-state index is 11.8. The molecule has 1 atom stereocenters. The Balaban J connectivity index is 1.88. The first kappa shape index (κ1) is 10.2. The number of carbonyl (C=O) groups is 1. The van der Waals surface area contributed by atoms with E-state index < -0.39 is 0 Å². The van der Waals surface area contributed by atoms with Crippen LogP contribution in [0.15, 0.2) is 6.20 Å². The molecule has 2 rings (SSSR count). The summed E-state index contributed by atoms with van der Waals surface area (Å²) in [6.45, 7) is 3.92. The Morgan fingerprint density at radius 2 is 2.47 bits per heavy atom. The fraction of sp³-hybridized carbons (Fsp3) is 0.636. The maximum Gasteiger partial charge on any atom is 0.254 e. The van der Waals surface area contributed by atoms with Gasteiger partial charge in [-0.25, -0.2) is 0 Å². The summed E-state index contributed by atoms with van der Waals surface area (Å²) >= 11 is 0. The average Bonchev–Trinajstić information content (AvgIpc) is 2.85. The molecule has 0 saturated heterocycles. The van der Waals surface area contributed by atoms with Crippen LogP contribution in [0, 0.1) is 12.8 Å². The van der Waals surface area contributed by atoms with Crippen LogP contribution in [0.25, 0.3) is 0 Å². The number of carbonyl (C=O) groups excluding carboxylic acids is 1. The van der Waals surface area contributed by atoms with E-state index in [4.69, 9.17) is 0 Å². The van der Waals surface area contributed by atoms with Gasteiger partial charge in [-0.05, 0) is 26.2 Å². The van der Waals surface area contributed by atoms with E-state index in [0.717, 1.165) is 18.0 Å². The molecule has 1 aromatic rings. The highest BCUT2D eigenvalue weighted by Gasteiger charge is 2.24. The van der Waals surface area contributed by atoms with Gasteiger partial charge in [0.05, 0.1) is 11.8 Å². The molecule has 2 N–H and O–H groups in total. The summed E-state index contributed by atoms with van der Waals surface area (Å²) in [6, 6.07) is 0.263. The third kappa shape index (κ3) is 2.58. The number of H-pyrrole nitrogens is 1. The molecule has 1 heterocycles. The summed E-state index contributed by atoms with van der Waals surface area (Å²) in [5.74, 6) is 0.820. The molecule has 1 fully saturated rings. The lowest BCUT2D eigenvalue weighted by Crippen LogP contribution is -2.33. The van der Waals surface area contributed by atoms with E-state index in [2.05, 4.69) is 22.4 Å². The van der Waals surface area contributed by atoms with E-state index in [-0.39, 0.29) is 11.9 Å². The molecule has 15 heavy (non-hydrogen) atoms. The first-order chi connectivity index (χ1) is 7.16. The van der Waals surface area contributed by atoms with E-state index in [1.54, 1.807) is 6.20 Å². The van der Waals surface area contributed by atoms with Gasteiger partial charge in [0, 0.05) is 11.7 Å². The Morgan fingerprint density at radius 3 is 3.00 bits per heavy atom. The molecular weight excluding hydrogens is 190 g/mol. The molecule has 1 unspecified atom stereocenters. The monoisotopic (exact) mass is 207 g/mol. The van der Waals surface area contributed by atoms with Crippen molar-refractivity contribution in [1.82, 2.24) is 15.5 Å². The van der Waals surface area contributed by atoms with Gasteiger partial charge in [0.1, 0.15) is 0 Å². The third-order valence-electron chi connectivity index (χ3n) is 2.84. The highest BCUT2D eigenvalue weighted by molar-refractivity contribution is 5.95. The van der Waals surface area contributed by atoms with Gasteiger partial charge in [-0.3, -0.25) is 9.89 Å². The third-order valence-corrected chi connectivity index (χ3v) is 2.84. The van der Waals surface area contributed by atoms with Crippen molar-refractivity contribution in [2.45, 2.75) is 39.2 Å². The van der Waals surface area contributed by atoms with Gasteiger partial charge in [0.25, 0.3) is 5.91 Å². The van der Waals surface area contributed by atoms with Gasteiger partial charge >= 0.3 is 0 Å². The van der Waals surface area contributed by atoms with Crippen LogP contribution in [-0.2, 0) is 0 Å². The molecule has 82 valence electrons. The zero-order valence-electron chi connectivity index (χ0n) is 9.21. The van der Waals surface area contributed by atoms with Gasteiger partial charge in [0.2, 0.25) is 0 Å². The molecule has 0 radical (unpaired) electrons. The van der Waals surface area contributed by atoms with Crippen molar-refractivity contribution in [1.29, 1.82) is 0 Å².